The Morgan fingerprint density at radius 1 is 1.44 bits per heavy atom. The molecule has 0 atom stereocenters. The number of aromatic nitrogens is 3. The molecule has 84 valence electrons. The molecule has 2 rings (SSSR count). The molecule has 0 amide bonds. The van der Waals surface area contributed by atoms with Crippen molar-refractivity contribution in [2.75, 3.05) is 6.54 Å². The third-order valence-corrected chi connectivity index (χ3v) is 2.84. The number of hydrogen-bond donors (Lipinski definition) is 1. The highest BCUT2D eigenvalue weighted by Crippen LogP contribution is 2.18. The lowest BCUT2D eigenvalue weighted by atomic mass is 10.2. The lowest BCUT2D eigenvalue weighted by Gasteiger charge is -2.04. The average molecular weight is 281 g/mol. The van der Waals surface area contributed by atoms with Gasteiger partial charge in [-0.25, -0.2) is 4.68 Å². The van der Waals surface area contributed by atoms with Crippen molar-refractivity contribution in [1.29, 1.82) is 0 Å². The molecular formula is C11H13BrN4. The largest absolute Gasteiger partial charge is 0.330 e. The lowest BCUT2D eigenvalue weighted by Crippen LogP contribution is -2.02. The lowest BCUT2D eigenvalue weighted by molar-refractivity contribution is 0.790. The van der Waals surface area contributed by atoms with E-state index in [-0.39, 0.29) is 0 Å². The van der Waals surface area contributed by atoms with Crippen LogP contribution in [0.1, 0.15) is 11.3 Å². The number of nitrogens with zero attached hydrogens (tertiary/aromatic N) is 3. The van der Waals surface area contributed by atoms with Crippen molar-refractivity contribution in [2.24, 2.45) is 5.73 Å². The maximum Gasteiger partial charge on any atom is 0.0844 e. The van der Waals surface area contributed by atoms with E-state index in [4.69, 9.17) is 5.73 Å². The summed E-state index contributed by atoms with van der Waals surface area (Å²) >= 11 is 3.44. The molecule has 0 saturated heterocycles. The van der Waals surface area contributed by atoms with Gasteiger partial charge < -0.3 is 5.73 Å². The van der Waals surface area contributed by atoms with Crippen LogP contribution in [0, 0.1) is 6.92 Å². The highest BCUT2D eigenvalue weighted by atomic mass is 79.9. The maximum atomic E-state index is 5.48. The summed E-state index contributed by atoms with van der Waals surface area (Å²) in [5.74, 6) is 0. The number of rotatable bonds is 3. The maximum absolute atomic E-state index is 5.48. The molecule has 5 heteroatoms. The van der Waals surface area contributed by atoms with Gasteiger partial charge in [-0.15, -0.1) is 5.10 Å². The van der Waals surface area contributed by atoms with E-state index in [0.717, 1.165) is 27.8 Å². The SMILES string of the molecule is Cc1cc(Br)ccc1-n1cc(CCN)nn1. The Hall–Kier alpha value is -1.20. The van der Waals surface area contributed by atoms with Crippen molar-refractivity contribution >= 4 is 15.9 Å². The summed E-state index contributed by atoms with van der Waals surface area (Å²) in [5, 5.41) is 8.16. The first-order chi connectivity index (χ1) is 7.70. The van der Waals surface area contributed by atoms with Gasteiger partial charge in [0.15, 0.2) is 0 Å². The highest BCUT2D eigenvalue weighted by Gasteiger charge is 2.05. The van der Waals surface area contributed by atoms with Crippen LogP contribution in [0.15, 0.2) is 28.9 Å². The molecule has 0 unspecified atom stereocenters. The molecule has 0 fully saturated rings. The molecule has 1 aromatic heterocycles. The van der Waals surface area contributed by atoms with Gasteiger partial charge in [0.25, 0.3) is 0 Å². The van der Waals surface area contributed by atoms with Crippen LogP contribution in [0.2, 0.25) is 0 Å². The predicted molar refractivity (Wildman–Crippen MR) is 66.6 cm³/mol. The monoisotopic (exact) mass is 280 g/mol. The minimum absolute atomic E-state index is 0.595. The summed E-state index contributed by atoms with van der Waals surface area (Å²) in [5.41, 5.74) is 8.59. The van der Waals surface area contributed by atoms with E-state index < -0.39 is 0 Å². The van der Waals surface area contributed by atoms with Crippen LogP contribution >= 0.6 is 15.9 Å². The van der Waals surface area contributed by atoms with E-state index in [1.54, 1.807) is 4.68 Å². The zero-order chi connectivity index (χ0) is 11.5. The van der Waals surface area contributed by atoms with Gasteiger partial charge in [0.05, 0.1) is 17.6 Å². The van der Waals surface area contributed by atoms with E-state index in [1.807, 2.05) is 25.3 Å². The molecule has 2 aromatic rings. The Morgan fingerprint density at radius 2 is 2.25 bits per heavy atom. The second-order valence-electron chi connectivity index (χ2n) is 3.62. The first-order valence-electron chi connectivity index (χ1n) is 5.08. The zero-order valence-electron chi connectivity index (χ0n) is 9.02. The number of halogens is 1. The molecule has 1 heterocycles. The molecule has 0 saturated carbocycles. The number of hydrogen-bond acceptors (Lipinski definition) is 3. The summed E-state index contributed by atoms with van der Waals surface area (Å²) in [6.07, 6.45) is 2.68. The molecule has 0 aliphatic carbocycles. The third-order valence-electron chi connectivity index (χ3n) is 2.35. The van der Waals surface area contributed by atoms with Crippen LogP contribution in [0.25, 0.3) is 5.69 Å². The molecule has 0 aliphatic rings. The van der Waals surface area contributed by atoms with Crippen molar-refractivity contribution < 1.29 is 0 Å². The van der Waals surface area contributed by atoms with Gasteiger partial charge in [-0.05, 0) is 37.2 Å². The molecule has 0 bridgehead atoms. The summed E-state index contributed by atoms with van der Waals surface area (Å²) < 4.78 is 2.85. The Labute approximate surface area is 103 Å². The van der Waals surface area contributed by atoms with E-state index in [9.17, 15) is 0 Å². The number of nitrogens with two attached hydrogens (primary N) is 1. The van der Waals surface area contributed by atoms with E-state index in [2.05, 4.69) is 32.3 Å². The highest BCUT2D eigenvalue weighted by molar-refractivity contribution is 9.10. The molecule has 2 N–H and O–H groups in total. The van der Waals surface area contributed by atoms with Crippen LogP contribution in [-0.2, 0) is 6.42 Å². The Kier molecular flexibility index (Phi) is 3.36. The molecule has 0 aliphatic heterocycles. The number of benzene rings is 1. The molecule has 0 spiro atoms. The summed E-state index contributed by atoms with van der Waals surface area (Å²) in [6, 6.07) is 6.06. The van der Waals surface area contributed by atoms with Gasteiger partial charge in [-0.1, -0.05) is 21.1 Å². The van der Waals surface area contributed by atoms with Gasteiger partial charge in [0.1, 0.15) is 0 Å². The fourth-order valence-electron chi connectivity index (χ4n) is 1.55. The van der Waals surface area contributed by atoms with Crippen LogP contribution < -0.4 is 5.73 Å². The van der Waals surface area contributed by atoms with Gasteiger partial charge in [0.2, 0.25) is 0 Å². The van der Waals surface area contributed by atoms with Crippen molar-refractivity contribution in [3.63, 3.8) is 0 Å². The Bertz CT molecular complexity index is 492. The average Bonchev–Trinajstić information content (AvgIpc) is 2.67. The first-order valence-corrected chi connectivity index (χ1v) is 5.88. The van der Waals surface area contributed by atoms with Crippen molar-refractivity contribution in [2.45, 2.75) is 13.3 Å². The smallest absolute Gasteiger partial charge is 0.0844 e. The van der Waals surface area contributed by atoms with Crippen LogP contribution in [0.3, 0.4) is 0 Å². The quantitative estimate of drug-likeness (QED) is 0.934. The van der Waals surface area contributed by atoms with E-state index >= 15 is 0 Å². The topological polar surface area (TPSA) is 56.7 Å². The molecule has 1 aromatic carbocycles. The minimum Gasteiger partial charge on any atom is -0.330 e. The molecular weight excluding hydrogens is 268 g/mol. The van der Waals surface area contributed by atoms with Crippen molar-refractivity contribution in [3.8, 4) is 5.69 Å². The number of aryl methyl sites for hydroxylation is 1. The van der Waals surface area contributed by atoms with Gasteiger partial charge >= 0.3 is 0 Å². The predicted octanol–water partition coefficient (Wildman–Crippen LogP) is 1.84. The molecule has 4 nitrogen and oxygen atoms in total. The summed E-state index contributed by atoms with van der Waals surface area (Å²) in [7, 11) is 0. The van der Waals surface area contributed by atoms with Crippen molar-refractivity contribution in [3.05, 3.63) is 40.1 Å². The summed E-state index contributed by atoms with van der Waals surface area (Å²) in [4.78, 5) is 0. The van der Waals surface area contributed by atoms with Gasteiger partial charge in [0, 0.05) is 10.9 Å². The van der Waals surface area contributed by atoms with E-state index in [0.29, 0.717) is 6.54 Å². The fraction of sp³-hybridized carbons (Fsp3) is 0.273. The molecule has 0 radical (unpaired) electrons. The first kappa shape index (κ1) is 11.3. The Balaban J connectivity index is 2.35. The van der Waals surface area contributed by atoms with Crippen LogP contribution in [0.5, 0.6) is 0 Å². The van der Waals surface area contributed by atoms with Gasteiger partial charge in [-0.2, -0.15) is 0 Å². The van der Waals surface area contributed by atoms with Crippen molar-refractivity contribution in [1.82, 2.24) is 15.0 Å². The second kappa shape index (κ2) is 4.76. The third kappa shape index (κ3) is 2.31. The zero-order valence-corrected chi connectivity index (χ0v) is 10.6. The van der Waals surface area contributed by atoms with Gasteiger partial charge in [-0.3, -0.25) is 0 Å². The minimum atomic E-state index is 0.595. The van der Waals surface area contributed by atoms with E-state index in [1.165, 1.54) is 0 Å². The van der Waals surface area contributed by atoms with Crippen LogP contribution in [-0.4, -0.2) is 21.5 Å². The normalized spacial score (nSPS) is 10.7. The molecule has 16 heavy (non-hydrogen) atoms. The Morgan fingerprint density at radius 3 is 2.94 bits per heavy atom. The standard InChI is InChI=1S/C11H13BrN4/c1-8-6-9(12)2-3-11(8)16-7-10(4-5-13)14-15-16/h2-3,6-7H,4-5,13H2,1H3. The van der Waals surface area contributed by atoms with Crippen LogP contribution in [0.4, 0.5) is 0 Å². The fourth-order valence-corrected chi connectivity index (χ4v) is 2.03. The second-order valence-corrected chi connectivity index (χ2v) is 4.54. The summed E-state index contributed by atoms with van der Waals surface area (Å²) in [6.45, 7) is 2.64.